The second-order valence-corrected chi connectivity index (χ2v) is 6.65. The Morgan fingerprint density at radius 3 is 2.92 bits per heavy atom. The zero-order chi connectivity index (χ0) is 18.8. The number of allylic oxidation sites excluding steroid dienone is 3. The third kappa shape index (κ3) is 2.92. The number of carbonyl (C=O) groups is 1. The third-order valence-electron chi connectivity index (χ3n) is 4.76. The van der Waals surface area contributed by atoms with Crippen molar-refractivity contribution in [1.82, 2.24) is 4.90 Å². The molecule has 6 heteroatoms. The number of hydrogen-bond acceptors (Lipinski definition) is 5. The molecule has 0 saturated heterocycles. The number of ketones is 1. The largest absolute Gasteiger partial charge is 0.481 e. The van der Waals surface area contributed by atoms with E-state index < -0.39 is 5.92 Å². The zero-order valence-electron chi connectivity index (χ0n) is 14.4. The third-order valence-corrected chi connectivity index (χ3v) is 5.00. The predicted octanol–water partition coefficient (Wildman–Crippen LogP) is 3.08. The summed E-state index contributed by atoms with van der Waals surface area (Å²) >= 11 is 6.20. The SMILES string of the molecule is C#CCOc1ccc(Cl)cc1[C@H]1C(C#N)=C(N)N(C)C2=C1C(=O)CCC2. The second-order valence-electron chi connectivity index (χ2n) is 6.21. The molecule has 0 bridgehead atoms. The number of carbonyl (C=O) groups excluding carboxylic acids is 1. The molecular formula is C20H18ClN3O2. The van der Waals surface area contributed by atoms with Crippen molar-refractivity contribution in [2.24, 2.45) is 5.73 Å². The van der Waals surface area contributed by atoms with Gasteiger partial charge in [0.05, 0.1) is 17.6 Å². The summed E-state index contributed by atoms with van der Waals surface area (Å²) in [6, 6.07) is 7.27. The molecule has 3 rings (SSSR count). The van der Waals surface area contributed by atoms with E-state index in [-0.39, 0.29) is 12.4 Å². The van der Waals surface area contributed by atoms with Crippen molar-refractivity contribution in [2.45, 2.75) is 25.2 Å². The van der Waals surface area contributed by atoms with Crippen molar-refractivity contribution in [1.29, 1.82) is 5.26 Å². The number of Topliss-reactive ketones (excluding diaryl/α,β-unsaturated/α-hetero) is 1. The lowest BCUT2D eigenvalue weighted by Crippen LogP contribution is -2.36. The zero-order valence-corrected chi connectivity index (χ0v) is 15.1. The highest BCUT2D eigenvalue weighted by Crippen LogP contribution is 2.47. The van der Waals surface area contributed by atoms with Crippen LogP contribution in [-0.2, 0) is 4.79 Å². The molecule has 0 saturated carbocycles. The lowest BCUT2D eigenvalue weighted by atomic mass is 9.75. The number of benzene rings is 1. The highest BCUT2D eigenvalue weighted by molar-refractivity contribution is 6.30. The molecule has 1 aromatic carbocycles. The number of hydrogen-bond donors (Lipinski definition) is 1. The Balaban J connectivity index is 2.25. The molecule has 1 atom stereocenters. The molecular weight excluding hydrogens is 350 g/mol. The van der Waals surface area contributed by atoms with Gasteiger partial charge in [-0.3, -0.25) is 4.79 Å². The van der Waals surface area contributed by atoms with Gasteiger partial charge >= 0.3 is 0 Å². The van der Waals surface area contributed by atoms with E-state index in [9.17, 15) is 10.1 Å². The Labute approximate surface area is 157 Å². The maximum Gasteiger partial charge on any atom is 0.161 e. The first-order valence-corrected chi connectivity index (χ1v) is 8.62. The average Bonchev–Trinajstić information content (AvgIpc) is 2.63. The van der Waals surface area contributed by atoms with Crippen molar-refractivity contribution < 1.29 is 9.53 Å². The van der Waals surface area contributed by atoms with E-state index in [1.807, 2.05) is 0 Å². The van der Waals surface area contributed by atoms with Crippen LogP contribution in [0, 0.1) is 23.7 Å². The standard InChI is InChI=1S/C20H18ClN3O2/c1-3-9-26-17-8-7-12(21)10-13(17)18-14(11-22)20(23)24(2)15-5-4-6-16(25)19(15)18/h1,7-8,10,18H,4-6,9,23H2,2H3/t18-/m0/s1. The van der Waals surface area contributed by atoms with Crippen LogP contribution < -0.4 is 10.5 Å². The van der Waals surface area contributed by atoms with E-state index in [4.69, 9.17) is 28.5 Å². The summed E-state index contributed by atoms with van der Waals surface area (Å²) in [5.41, 5.74) is 8.62. The van der Waals surface area contributed by atoms with Crippen molar-refractivity contribution in [2.75, 3.05) is 13.7 Å². The summed E-state index contributed by atoms with van der Waals surface area (Å²) in [5.74, 6) is 2.67. The van der Waals surface area contributed by atoms with E-state index in [0.29, 0.717) is 39.7 Å². The van der Waals surface area contributed by atoms with Crippen molar-refractivity contribution in [3.63, 3.8) is 0 Å². The van der Waals surface area contributed by atoms with Gasteiger partial charge in [-0.1, -0.05) is 17.5 Å². The molecule has 0 unspecified atom stereocenters. The number of terminal acetylenes is 1. The molecule has 5 nitrogen and oxygen atoms in total. The molecule has 0 amide bonds. The van der Waals surface area contributed by atoms with E-state index in [2.05, 4.69) is 12.0 Å². The molecule has 1 heterocycles. The van der Waals surface area contributed by atoms with Gasteiger partial charge in [-0.2, -0.15) is 5.26 Å². The van der Waals surface area contributed by atoms with Gasteiger partial charge in [0, 0.05) is 35.3 Å². The minimum atomic E-state index is -0.606. The number of nitrogens with zero attached hydrogens (tertiary/aromatic N) is 2. The molecule has 0 aromatic heterocycles. The Morgan fingerprint density at radius 1 is 1.46 bits per heavy atom. The Bertz CT molecular complexity index is 918. The van der Waals surface area contributed by atoms with Gasteiger partial charge in [-0.05, 0) is 31.0 Å². The Morgan fingerprint density at radius 2 is 2.23 bits per heavy atom. The predicted molar refractivity (Wildman–Crippen MR) is 99.0 cm³/mol. The van der Waals surface area contributed by atoms with Gasteiger partial charge in [0.15, 0.2) is 5.78 Å². The molecule has 0 radical (unpaired) electrons. The number of rotatable bonds is 3. The van der Waals surface area contributed by atoms with Gasteiger partial charge in [0.2, 0.25) is 0 Å². The number of nitriles is 1. The summed E-state index contributed by atoms with van der Waals surface area (Å²) in [7, 11) is 1.78. The van der Waals surface area contributed by atoms with Crippen LogP contribution in [0.2, 0.25) is 5.02 Å². The molecule has 2 N–H and O–H groups in total. The quantitative estimate of drug-likeness (QED) is 0.830. The van der Waals surface area contributed by atoms with Crippen LogP contribution in [0.15, 0.2) is 40.9 Å². The fourth-order valence-corrected chi connectivity index (χ4v) is 3.75. The fraction of sp³-hybridized carbons (Fsp3) is 0.300. The van der Waals surface area contributed by atoms with Gasteiger partial charge in [0.1, 0.15) is 18.2 Å². The number of nitrogens with two attached hydrogens (primary N) is 1. The van der Waals surface area contributed by atoms with Gasteiger partial charge in [0.25, 0.3) is 0 Å². The summed E-state index contributed by atoms with van der Waals surface area (Å²) < 4.78 is 5.65. The second kappa shape index (κ2) is 7.15. The number of halogens is 1. The van der Waals surface area contributed by atoms with Crippen LogP contribution in [-0.4, -0.2) is 24.3 Å². The van der Waals surface area contributed by atoms with Crippen molar-refractivity contribution in [3.05, 3.63) is 51.4 Å². The van der Waals surface area contributed by atoms with Crippen LogP contribution in [0.1, 0.15) is 30.7 Å². The monoisotopic (exact) mass is 367 g/mol. The van der Waals surface area contributed by atoms with Crippen LogP contribution in [0.5, 0.6) is 5.75 Å². The minimum Gasteiger partial charge on any atom is -0.481 e. The van der Waals surface area contributed by atoms with Crippen LogP contribution >= 0.6 is 11.6 Å². The molecule has 132 valence electrons. The summed E-state index contributed by atoms with van der Waals surface area (Å²) in [4.78, 5) is 14.5. The summed E-state index contributed by atoms with van der Waals surface area (Å²) in [6.45, 7) is 0.0716. The molecule has 26 heavy (non-hydrogen) atoms. The first-order valence-electron chi connectivity index (χ1n) is 8.25. The highest BCUT2D eigenvalue weighted by Gasteiger charge is 2.39. The molecule has 1 aliphatic heterocycles. The normalized spacial score (nSPS) is 19.8. The van der Waals surface area contributed by atoms with E-state index >= 15 is 0 Å². The Kier molecular flexibility index (Phi) is 4.93. The Hall–Kier alpha value is -2.89. The van der Waals surface area contributed by atoms with E-state index in [1.165, 1.54) is 0 Å². The van der Waals surface area contributed by atoms with Gasteiger partial charge < -0.3 is 15.4 Å². The van der Waals surface area contributed by atoms with Crippen LogP contribution in [0.3, 0.4) is 0 Å². The van der Waals surface area contributed by atoms with E-state index in [1.54, 1.807) is 30.1 Å². The van der Waals surface area contributed by atoms with Crippen molar-refractivity contribution in [3.8, 4) is 24.2 Å². The van der Waals surface area contributed by atoms with Gasteiger partial charge in [-0.15, -0.1) is 6.42 Å². The molecule has 1 aliphatic carbocycles. The molecule has 1 aromatic rings. The number of ether oxygens (including phenoxy) is 1. The van der Waals surface area contributed by atoms with Gasteiger partial charge in [-0.25, -0.2) is 0 Å². The first-order chi connectivity index (χ1) is 12.5. The highest BCUT2D eigenvalue weighted by atomic mass is 35.5. The minimum absolute atomic E-state index is 0.0197. The maximum absolute atomic E-state index is 12.8. The van der Waals surface area contributed by atoms with Crippen molar-refractivity contribution >= 4 is 17.4 Å². The molecule has 2 aliphatic rings. The average molecular weight is 368 g/mol. The van der Waals surface area contributed by atoms with Crippen LogP contribution in [0.4, 0.5) is 0 Å². The fourth-order valence-electron chi connectivity index (χ4n) is 3.57. The summed E-state index contributed by atoms with van der Waals surface area (Å²) in [6.07, 6.45) is 7.25. The maximum atomic E-state index is 12.8. The first kappa shape index (κ1) is 17.9. The topological polar surface area (TPSA) is 79.3 Å². The van der Waals surface area contributed by atoms with Crippen LogP contribution in [0.25, 0.3) is 0 Å². The molecule has 0 fully saturated rings. The summed E-state index contributed by atoms with van der Waals surface area (Å²) in [5, 5.41) is 10.2. The smallest absolute Gasteiger partial charge is 0.161 e. The van der Waals surface area contributed by atoms with E-state index in [0.717, 1.165) is 18.5 Å². The lowest BCUT2D eigenvalue weighted by Gasteiger charge is -2.38. The lowest BCUT2D eigenvalue weighted by molar-refractivity contribution is -0.116. The molecule has 0 spiro atoms.